The molecule has 0 spiro atoms. The number of rotatable bonds is 2. The van der Waals surface area contributed by atoms with Crippen LogP contribution in [0.2, 0.25) is 0 Å². The Kier molecular flexibility index (Phi) is 3.82. The van der Waals surface area contributed by atoms with Gasteiger partial charge in [0.15, 0.2) is 0 Å². The van der Waals surface area contributed by atoms with E-state index in [0.29, 0.717) is 18.7 Å². The molecule has 1 aromatic heterocycles. The predicted octanol–water partition coefficient (Wildman–Crippen LogP) is 2.49. The number of hydrogen-bond acceptors (Lipinski definition) is 3. The molecule has 120 valence electrons. The summed E-state index contributed by atoms with van der Waals surface area (Å²) in [7, 11) is 1.71. The van der Waals surface area contributed by atoms with Crippen molar-refractivity contribution in [2.45, 2.75) is 32.5 Å². The van der Waals surface area contributed by atoms with Gasteiger partial charge in [-0.15, -0.1) is 0 Å². The fraction of sp³-hybridized carbons (Fsp3) is 0.333. The number of aromatic nitrogens is 1. The van der Waals surface area contributed by atoms with Crippen molar-refractivity contribution >= 4 is 11.6 Å². The SMILES string of the molecule is Cn1c2c(cc(C(=O)Nc3ccccc3)c1=O)COC(C)(C)C2. The third-order valence-corrected chi connectivity index (χ3v) is 4.12. The van der Waals surface area contributed by atoms with Crippen LogP contribution in [0.1, 0.15) is 35.5 Å². The topological polar surface area (TPSA) is 60.3 Å². The normalized spacial score (nSPS) is 15.8. The summed E-state index contributed by atoms with van der Waals surface area (Å²) in [6, 6.07) is 10.8. The maximum atomic E-state index is 12.5. The molecule has 1 aliphatic heterocycles. The lowest BCUT2D eigenvalue weighted by molar-refractivity contribution is -0.0423. The predicted molar refractivity (Wildman–Crippen MR) is 88.7 cm³/mol. The maximum absolute atomic E-state index is 12.5. The second kappa shape index (κ2) is 5.66. The van der Waals surface area contributed by atoms with E-state index in [0.717, 1.165) is 11.3 Å². The molecule has 0 saturated heterocycles. The van der Waals surface area contributed by atoms with Gasteiger partial charge < -0.3 is 14.6 Å². The fourth-order valence-electron chi connectivity index (χ4n) is 2.81. The zero-order valence-electron chi connectivity index (χ0n) is 13.6. The number of carbonyl (C=O) groups is 1. The minimum atomic E-state index is -0.399. The molecule has 1 aliphatic rings. The van der Waals surface area contributed by atoms with Crippen LogP contribution in [0.4, 0.5) is 5.69 Å². The van der Waals surface area contributed by atoms with Crippen LogP contribution in [0, 0.1) is 0 Å². The average Bonchev–Trinajstić information content (AvgIpc) is 2.51. The Bertz CT molecular complexity index is 807. The molecule has 0 saturated carbocycles. The Morgan fingerprint density at radius 3 is 2.65 bits per heavy atom. The lowest BCUT2D eigenvalue weighted by Crippen LogP contribution is -2.38. The number of ether oxygens (including phenoxy) is 1. The van der Waals surface area contributed by atoms with Crippen LogP contribution in [0.3, 0.4) is 0 Å². The van der Waals surface area contributed by atoms with Crippen LogP contribution in [0.25, 0.3) is 0 Å². The Hall–Kier alpha value is -2.40. The number of fused-ring (bicyclic) bond motifs is 1. The Morgan fingerprint density at radius 1 is 1.26 bits per heavy atom. The second-order valence-electron chi connectivity index (χ2n) is 6.44. The Balaban J connectivity index is 1.97. The van der Waals surface area contributed by atoms with E-state index in [-0.39, 0.29) is 16.7 Å². The van der Waals surface area contributed by atoms with Crippen LogP contribution in [0.15, 0.2) is 41.2 Å². The van der Waals surface area contributed by atoms with Gasteiger partial charge in [-0.25, -0.2) is 0 Å². The molecule has 0 fully saturated rings. The van der Waals surface area contributed by atoms with Gasteiger partial charge in [0.05, 0.1) is 12.2 Å². The van der Waals surface area contributed by atoms with Crippen molar-refractivity contribution in [1.29, 1.82) is 0 Å². The third kappa shape index (κ3) is 3.05. The summed E-state index contributed by atoms with van der Waals surface area (Å²) in [6.45, 7) is 4.40. The van der Waals surface area contributed by atoms with Crippen LogP contribution < -0.4 is 10.9 Å². The summed E-state index contributed by atoms with van der Waals surface area (Å²) in [5.41, 5.74) is 2.04. The summed E-state index contributed by atoms with van der Waals surface area (Å²) < 4.78 is 7.36. The first-order chi connectivity index (χ1) is 10.9. The molecule has 5 heteroatoms. The van der Waals surface area contributed by atoms with E-state index in [1.54, 1.807) is 29.8 Å². The van der Waals surface area contributed by atoms with E-state index in [1.807, 2.05) is 32.0 Å². The van der Waals surface area contributed by atoms with Gasteiger partial charge in [0.25, 0.3) is 11.5 Å². The fourth-order valence-corrected chi connectivity index (χ4v) is 2.81. The second-order valence-corrected chi connectivity index (χ2v) is 6.44. The summed E-state index contributed by atoms with van der Waals surface area (Å²) in [6.07, 6.45) is 0.647. The summed E-state index contributed by atoms with van der Waals surface area (Å²) in [4.78, 5) is 25.0. The molecule has 0 aliphatic carbocycles. The van der Waals surface area contributed by atoms with E-state index in [1.165, 1.54) is 0 Å². The number of carbonyl (C=O) groups excluding carboxylic acids is 1. The van der Waals surface area contributed by atoms with Gasteiger partial charge >= 0.3 is 0 Å². The Morgan fingerprint density at radius 2 is 1.96 bits per heavy atom. The van der Waals surface area contributed by atoms with Crippen molar-refractivity contribution in [2.24, 2.45) is 7.05 Å². The highest BCUT2D eigenvalue weighted by Gasteiger charge is 2.29. The van der Waals surface area contributed by atoms with E-state index in [9.17, 15) is 9.59 Å². The van der Waals surface area contributed by atoms with Crippen molar-refractivity contribution in [2.75, 3.05) is 5.32 Å². The van der Waals surface area contributed by atoms with E-state index < -0.39 is 5.91 Å². The van der Waals surface area contributed by atoms with Crippen molar-refractivity contribution in [3.05, 3.63) is 63.6 Å². The number of benzene rings is 1. The van der Waals surface area contributed by atoms with E-state index >= 15 is 0 Å². The third-order valence-electron chi connectivity index (χ3n) is 4.12. The van der Waals surface area contributed by atoms with Crippen molar-refractivity contribution in [3.63, 3.8) is 0 Å². The number of pyridine rings is 1. The van der Waals surface area contributed by atoms with Gasteiger partial charge in [-0.1, -0.05) is 18.2 Å². The number of anilines is 1. The number of para-hydroxylation sites is 1. The molecular weight excluding hydrogens is 292 g/mol. The maximum Gasteiger partial charge on any atom is 0.263 e. The van der Waals surface area contributed by atoms with E-state index in [2.05, 4.69) is 5.32 Å². The largest absolute Gasteiger partial charge is 0.370 e. The van der Waals surface area contributed by atoms with Gasteiger partial charge in [0, 0.05) is 24.8 Å². The summed E-state index contributed by atoms with van der Waals surface area (Å²) in [5, 5.41) is 2.76. The number of amides is 1. The molecule has 1 amide bonds. The molecule has 2 aromatic rings. The van der Waals surface area contributed by atoms with E-state index in [4.69, 9.17) is 4.74 Å². The molecule has 23 heavy (non-hydrogen) atoms. The molecule has 0 radical (unpaired) electrons. The van der Waals surface area contributed by atoms with Crippen LogP contribution in [-0.2, 0) is 24.8 Å². The lowest BCUT2D eigenvalue weighted by atomic mass is 9.94. The molecule has 0 atom stereocenters. The van der Waals surface area contributed by atoms with Gasteiger partial charge in [0.2, 0.25) is 0 Å². The van der Waals surface area contributed by atoms with Crippen LogP contribution in [-0.4, -0.2) is 16.1 Å². The van der Waals surface area contributed by atoms with Gasteiger partial charge in [-0.2, -0.15) is 0 Å². The molecule has 5 nitrogen and oxygen atoms in total. The summed E-state index contributed by atoms with van der Waals surface area (Å²) in [5.74, 6) is -0.399. The molecule has 3 rings (SSSR count). The van der Waals surface area contributed by atoms with Crippen molar-refractivity contribution < 1.29 is 9.53 Å². The first-order valence-corrected chi connectivity index (χ1v) is 7.59. The minimum Gasteiger partial charge on any atom is -0.370 e. The lowest BCUT2D eigenvalue weighted by Gasteiger charge is -2.33. The first-order valence-electron chi connectivity index (χ1n) is 7.59. The van der Waals surface area contributed by atoms with Gasteiger partial charge in [-0.05, 0) is 37.6 Å². The van der Waals surface area contributed by atoms with Gasteiger partial charge in [0.1, 0.15) is 5.56 Å². The molecule has 0 unspecified atom stereocenters. The minimum absolute atomic E-state index is 0.137. The quantitative estimate of drug-likeness (QED) is 0.927. The smallest absolute Gasteiger partial charge is 0.263 e. The Labute approximate surface area is 134 Å². The highest BCUT2D eigenvalue weighted by molar-refractivity contribution is 6.04. The first kappa shape index (κ1) is 15.5. The zero-order valence-corrected chi connectivity index (χ0v) is 13.6. The number of hydrogen-bond donors (Lipinski definition) is 1. The van der Waals surface area contributed by atoms with Crippen molar-refractivity contribution in [3.8, 4) is 0 Å². The zero-order chi connectivity index (χ0) is 16.6. The molecule has 1 aromatic carbocycles. The van der Waals surface area contributed by atoms with Gasteiger partial charge in [-0.3, -0.25) is 9.59 Å². The molecular formula is C18H20N2O3. The van der Waals surface area contributed by atoms with Crippen LogP contribution in [0.5, 0.6) is 0 Å². The monoisotopic (exact) mass is 312 g/mol. The number of nitrogens with one attached hydrogen (secondary N) is 1. The summed E-state index contributed by atoms with van der Waals surface area (Å²) >= 11 is 0. The molecule has 1 N–H and O–H groups in total. The molecule has 0 bridgehead atoms. The standard InChI is InChI=1S/C18H20N2O3/c1-18(2)10-15-12(11-23-18)9-14(17(22)20(15)3)16(21)19-13-7-5-4-6-8-13/h4-9H,10-11H2,1-3H3,(H,19,21). The molecule has 2 heterocycles. The average molecular weight is 312 g/mol. The van der Waals surface area contributed by atoms with Crippen molar-refractivity contribution in [1.82, 2.24) is 4.57 Å². The number of nitrogens with zero attached hydrogens (tertiary/aromatic N) is 1. The van der Waals surface area contributed by atoms with Crippen LogP contribution >= 0.6 is 0 Å². The highest BCUT2D eigenvalue weighted by atomic mass is 16.5. The highest BCUT2D eigenvalue weighted by Crippen LogP contribution is 2.27.